The Morgan fingerprint density at radius 3 is 3.05 bits per heavy atom. The van der Waals surface area contributed by atoms with Crippen LogP contribution in [0.5, 0.6) is 5.75 Å². The Morgan fingerprint density at radius 2 is 2.32 bits per heavy atom. The van der Waals surface area contributed by atoms with Crippen molar-refractivity contribution in [2.45, 2.75) is 31.9 Å². The number of nitrogens with two attached hydrogens (primary N) is 1. The van der Waals surface area contributed by atoms with Crippen LogP contribution in [0.4, 0.5) is 0 Å². The van der Waals surface area contributed by atoms with Crippen molar-refractivity contribution in [1.29, 1.82) is 0 Å². The molecule has 0 fully saturated rings. The molecular formula is C14H19NO4. The highest BCUT2D eigenvalue weighted by molar-refractivity contribution is 5.71. The predicted octanol–water partition coefficient (Wildman–Crippen LogP) is 0.935. The number of carbonyl (C=O) groups is 1. The number of fused-ring (bicyclic) bond motifs is 1. The summed E-state index contributed by atoms with van der Waals surface area (Å²) in [5.41, 5.74) is 7.71. The zero-order valence-electron chi connectivity index (χ0n) is 11.0. The van der Waals surface area contributed by atoms with Crippen LogP contribution in [0.1, 0.15) is 30.6 Å². The number of hydrogen-bond donors (Lipinski definition) is 2. The van der Waals surface area contributed by atoms with Gasteiger partial charge < -0.3 is 20.3 Å². The maximum Gasteiger partial charge on any atom is 0.344 e. The first-order valence-corrected chi connectivity index (χ1v) is 6.46. The Balaban J connectivity index is 2.06. The third-order valence-corrected chi connectivity index (χ3v) is 3.25. The number of aliphatic hydroxyl groups is 1. The Kier molecular flexibility index (Phi) is 4.39. The van der Waals surface area contributed by atoms with E-state index in [1.807, 2.05) is 6.07 Å². The smallest absolute Gasteiger partial charge is 0.344 e. The van der Waals surface area contributed by atoms with Crippen LogP contribution >= 0.6 is 0 Å². The molecule has 0 unspecified atom stereocenters. The van der Waals surface area contributed by atoms with E-state index in [0.717, 1.165) is 24.0 Å². The van der Waals surface area contributed by atoms with Crippen LogP contribution in [0.15, 0.2) is 18.2 Å². The lowest BCUT2D eigenvalue weighted by Gasteiger charge is -2.27. The van der Waals surface area contributed by atoms with Crippen molar-refractivity contribution in [1.82, 2.24) is 0 Å². The summed E-state index contributed by atoms with van der Waals surface area (Å²) in [6.45, 7) is 1.95. The molecule has 0 radical (unpaired) electrons. The summed E-state index contributed by atoms with van der Waals surface area (Å²) in [7, 11) is 0. The monoisotopic (exact) mass is 265 g/mol. The second-order valence-electron chi connectivity index (χ2n) is 4.60. The molecule has 0 aromatic heterocycles. The van der Waals surface area contributed by atoms with Gasteiger partial charge in [-0.3, -0.25) is 0 Å². The van der Waals surface area contributed by atoms with Crippen LogP contribution in [-0.4, -0.2) is 30.3 Å². The van der Waals surface area contributed by atoms with Crippen molar-refractivity contribution >= 4 is 5.97 Å². The SMILES string of the molecule is CCOC(=O)COc1ccc2c(c1)[C@@H](O)[C@H](N)CC2. The van der Waals surface area contributed by atoms with E-state index in [2.05, 4.69) is 0 Å². The molecule has 0 saturated heterocycles. The van der Waals surface area contributed by atoms with Crippen molar-refractivity contribution in [2.24, 2.45) is 5.73 Å². The van der Waals surface area contributed by atoms with Gasteiger partial charge in [0.15, 0.2) is 6.61 Å². The lowest BCUT2D eigenvalue weighted by Crippen LogP contribution is -2.33. The molecule has 1 aromatic rings. The maximum atomic E-state index is 11.2. The first kappa shape index (κ1) is 13.8. The molecule has 19 heavy (non-hydrogen) atoms. The minimum Gasteiger partial charge on any atom is -0.482 e. The lowest BCUT2D eigenvalue weighted by molar-refractivity contribution is -0.145. The summed E-state index contributed by atoms with van der Waals surface area (Å²) in [6.07, 6.45) is 0.956. The predicted molar refractivity (Wildman–Crippen MR) is 69.8 cm³/mol. The van der Waals surface area contributed by atoms with E-state index in [1.165, 1.54) is 0 Å². The Hall–Kier alpha value is -1.59. The molecular weight excluding hydrogens is 246 g/mol. The van der Waals surface area contributed by atoms with Crippen molar-refractivity contribution in [3.8, 4) is 5.75 Å². The van der Waals surface area contributed by atoms with Gasteiger partial charge in [-0.2, -0.15) is 0 Å². The van der Waals surface area contributed by atoms with Gasteiger partial charge in [0.2, 0.25) is 0 Å². The molecule has 5 heteroatoms. The molecule has 0 bridgehead atoms. The molecule has 104 valence electrons. The van der Waals surface area contributed by atoms with E-state index in [4.69, 9.17) is 15.2 Å². The number of aliphatic hydroxyl groups excluding tert-OH is 1. The molecule has 3 N–H and O–H groups in total. The van der Waals surface area contributed by atoms with Crippen molar-refractivity contribution < 1.29 is 19.4 Å². The van der Waals surface area contributed by atoms with Gasteiger partial charge in [0.05, 0.1) is 12.7 Å². The van der Waals surface area contributed by atoms with Gasteiger partial charge in [0, 0.05) is 6.04 Å². The van der Waals surface area contributed by atoms with Gasteiger partial charge in [-0.15, -0.1) is 0 Å². The topological polar surface area (TPSA) is 81.8 Å². The lowest BCUT2D eigenvalue weighted by atomic mass is 9.86. The third-order valence-electron chi connectivity index (χ3n) is 3.25. The fourth-order valence-corrected chi connectivity index (χ4v) is 2.22. The van der Waals surface area contributed by atoms with E-state index < -0.39 is 12.1 Å². The fourth-order valence-electron chi connectivity index (χ4n) is 2.22. The highest BCUT2D eigenvalue weighted by atomic mass is 16.6. The number of rotatable bonds is 4. The zero-order valence-corrected chi connectivity index (χ0v) is 11.0. The minimum atomic E-state index is -0.671. The Morgan fingerprint density at radius 1 is 1.53 bits per heavy atom. The van der Waals surface area contributed by atoms with Gasteiger partial charge in [-0.1, -0.05) is 6.07 Å². The maximum absolute atomic E-state index is 11.2. The number of hydrogen-bond acceptors (Lipinski definition) is 5. The Bertz CT molecular complexity index is 461. The first-order valence-electron chi connectivity index (χ1n) is 6.46. The number of aryl methyl sites for hydroxylation is 1. The summed E-state index contributed by atoms with van der Waals surface area (Å²) in [5, 5.41) is 10.0. The number of esters is 1. The highest BCUT2D eigenvalue weighted by Gasteiger charge is 2.25. The molecule has 2 atom stereocenters. The van der Waals surface area contributed by atoms with Gasteiger partial charge in [0.25, 0.3) is 0 Å². The molecule has 2 rings (SSSR count). The van der Waals surface area contributed by atoms with Crippen LogP contribution in [0.3, 0.4) is 0 Å². The minimum absolute atomic E-state index is 0.130. The van der Waals surface area contributed by atoms with E-state index >= 15 is 0 Å². The normalized spacial score (nSPS) is 21.6. The molecule has 0 spiro atoms. The van der Waals surface area contributed by atoms with Crippen LogP contribution in [-0.2, 0) is 16.0 Å². The second-order valence-corrected chi connectivity index (χ2v) is 4.60. The van der Waals surface area contributed by atoms with Crippen LogP contribution < -0.4 is 10.5 Å². The summed E-state index contributed by atoms with van der Waals surface area (Å²) >= 11 is 0. The van der Waals surface area contributed by atoms with Crippen LogP contribution in [0, 0.1) is 0 Å². The van der Waals surface area contributed by atoms with Crippen molar-refractivity contribution in [3.05, 3.63) is 29.3 Å². The third kappa shape index (κ3) is 3.24. The van der Waals surface area contributed by atoms with Gasteiger partial charge >= 0.3 is 5.97 Å². The quantitative estimate of drug-likeness (QED) is 0.792. The van der Waals surface area contributed by atoms with E-state index in [-0.39, 0.29) is 12.6 Å². The molecule has 5 nitrogen and oxygen atoms in total. The van der Waals surface area contributed by atoms with Gasteiger partial charge in [0.1, 0.15) is 5.75 Å². The largest absolute Gasteiger partial charge is 0.482 e. The summed E-state index contributed by atoms with van der Waals surface area (Å²) in [6, 6.07) is 5.21. The number of carbonyl (C=O) groups excluding carboxylic acids is 1. The number of ether oxygens (including phenoxy) is 2. The molecule has 0 aliphatic heterocycles. The zero-order chi connectivity index (χ0) is 13.8. The molecule has 0 heterocycles. The average molecular weight is 265 g/mol. The molecule has 0 saturated carbocycles. The average Bonchev–Trinajstić information content (AvgIpc) is 2.41. The Labute approximate surface area is 112 Å². The van der Waals surface area contributed by atoms with Crippen molar-refractivity contribution in [2.75, 3.05) is 13.2 Å². The first-order chi connectivity index (χ1) is 9.11. The van der Waals surface area contributed by atoms with Gasteiger partial charge in [-0.05, 0) is 43.0 Å². The molecule has 0 amide bonds. The van der Waals surface area contributed by atoms with Crippen LogP contribution in [0.25, 0.3) is 0 Å². The van der Waals surface area contributed by atoms with E-state index in [0.29, 0.717) is 12.4 Å². The second kappa shape index (κ2) is 6.04. The highest BCUT2D eigenvalue weighted by Crippen LogP contribution is 2.31. The van der Waals surface area contributed by atoms with Gasteiger partial charge in [-0.25, -0.2) is 4.79 Å². The molecule has 1 aromatic carbocycles. The summed E-state index contributed by atoms with van der Waals surface area (Å²) in [5.74, 6) is 0.137. The fraction of sp³-hybridized carbons (Fsp3) is 0.500. The molecule has 1 aliphatic rings. The van der Waals surface area contributed by atoms with Crippen molar-refractivity contribution in [3.63, 3.8) is 0 Å². The standard InChI is InChI=1S/C14H19NO4/c1-2-18-13(16)8-19-10-5-3-9-4-6-12(15)14(17)11(9)7-10/h3,5,7,12,14,17H,2,4,6,8,15H2,1H3/t12-,14-/m1/s1. The number of benzene rings is 1. The van der Waals surface area contributed by atoms with E-state index in [9.17, 15) is 9.90 Å². The summed E-state index contributed by atoms with van der Waals surface area (Å²) in [4.78, 5) is 11.2. The van der Waals surface area contributed by atoms with Crippen LogP contribution in [0.2, 0.25) is 0 Å². The van der Waals surface area contributed by atoms with E-state index in [1.54, 1.807) is 19.1 Å². The summed E-state index contributed by atoms with van der Waals surface area (Å²) < 4.78 is 10.1. The molecule has 1 aliphatic carbocycles.